The summed E-state index contributed by atoms with van der Waals surface area (Å²) in [5.74, 6) is 0. The fourth-order valence-electron chi connectivity index (χ4n) is 2.78. The van der Waals surface area contributed by atoms with Crippen LogP contribution in [0.5, 0.6) is 0 Å². The summed E-state index contributed by atoms with van der Waals surface area (Å²) in [6.45, 7) is 5.69. The lowest BCUT2D eigenvalue weighted by molar-refractivity contribution is 0.336. The van der Waals surface area contributed by atoms with Crippen molar-refractivity contribution in [1.29, 1.82) is 0 Å². The molecule has 0 bridgehead atoms. The van der Waals surface area contributed by atoms with E-state index in [1.54, 1.807) is 12.1 Å². The molecule has 1 aliphatic rings. The van der Waals surface area contributed by atoms with E-state index < -0.39 is 10.0 Å². The molecule has 1 aromatic rings. The summed E-state index contributed by atoms with van der Waals surface area (Å²) in [6, 6.07) is 6.97. The Labute approximate surface area is 128 Å². The third kappa shape index (κ3) is 4.45. The minimum absolute atomic E-state index is 0.121. The lowest BCUT2D eigenvalue weighted by Gasteiger charge is -2.23. The monoisotopic (exact) mass is 310 g/mol. The molecule has 118 valence electrons. The maximum Gasteiger partial charge on any atom is 0.240 e. The van der Waals surface area contributed by atoms with Gasteiger partial charge in [0, 0.05) is 18.8 Å². The Morgan fingerprint density at radius 1 is 1.14 bits per heavy atom. The lowest BCUT2D eigenvalue weighted by Crippen LogP contribution is -2.34. The van der Waals surface area contributed by atoms with Gasteiger partial charge in [-0.2, -0.15) is 0 Å². The molecule has 1 aliphatic carbocycles. The van der Waals surface area contributed by atoms with Gasteiger partial charge in [-0.25, -0.2) is 13.1 Å². The number of rotatable bonds is 7. The van der Waals surface area contributed by atoms with E-state index in [0.717, 1.165) is 31.5 Å². The van der Waals surface area contributed by atoms with Gasteiger partial charge in [-0.15, -0.1) is 0 Å². The lowest BCUT2D eigenvalue weighted by atomic mass is 9.89. The molecule has 0 aliphatic heterocycles. The first-order chi connectivity index (χ1) is 9.95. The van der Waals surface area contributed by atoms with Crippen molar-refractivity contribution < 1.29 is 8.42 Å². The van der Waals surface area contributed by atoms with Crippen molar-refractivity contribution in [3.8, 4) is 0 Å². The van der Waals surface area contributed by atoms with Crippen molar-refractivity contribution in [3.63, 3.8) is 0 Å². The molecule has 0 spiro atoms. The predicted molar refractivity (Wildman–Crippen MR) is 87.0 cm³/mol. The molecule has 4 nitrogen and oxygen atoms in total. The van der Waals surface area contributed by atoms with Crippen LogP contribution in [-0.2, 0) is 10.0 Å². The molecule has 5 heteroatoms. The van der Waals surface area contributed by atoms with E-state index >= 15 is 0 Å². The second-order valence-corrected chi connectivity index (χ2v) is 8.06. The van der Waals surface area contributed by atoms with Crippen LogP contribution in [0.1, 0.15) is 46.0 Å². The first-order valence-corrected chi connectivity index (χ1v) is 9.27. The van der Waals surface area contributed by atoms with Gasteiger partial charge < -0.3 is 5.32 Å². The number of benzene rings is 1. The maximum absolute atomic E-state index is 12.3. The Kier molecular flexibility index (Phi) is 5.27. The van der Waals surface area contributed by atoms with Crippen molar-refractivity contribution in [2.75, 3.05) is 18.4 Å². The first kappa shape index (κ1) is 16.3. The molecule has 0 radical (unpaired) electrons. The summed E-state index contributed by atoms with van der Waals surface area (Å²) in [7, 11) is -3.40. The van der Waals surface area contributed by atoms with Gasteiger partial charge in [0.05, 0.1) is 4.90 Å². The third-order valence-electron chi connectivity index (χ3n) is 4.24. The molecule has 1 fully saturated rings. The van der Waals surface area contributed by atoms with Gasteiger partial charge in [-0.1, -0.05) is 26.7 Å². The minimum Gasteiger partial charge on any atom is -0.385 e. The molecule has 0 heterocycles. The zero-order valence-corrected chi connectivity index (χ0v) is 13.8. The highest BCUT2D eigenvalue weighted by Crippen LogP contribution is 2.37. The van der Waals surface area contributed by atoms with Crippen LogP contribution in [-0.4, -0.2) is 21.5 Å². The molecule has 0 aromatic heterocycles. The van der Waals surface area contributed by atoms with Crippen LogP contribution in [0.15, 0.2) is 29.2 Å². The first-order valence-electron chi connectivity index (χ1n) is 7.79. The normalized spacial score (nSPS) is 17.8. The van der Waals surface area contributed by atoms with Crippen LogP contribution >= 0.6 is 0 Å². The van der Waals surface area contributed by atoms with Crippen LogP contribution in [0.4, 0.5) is 5.69 Å². The highest BCUT2D eigenvalue weighted by atomic mass is 32.2. The zero-order chi connectivity index (χ0) is 15.3. The second-order valence-electron chi connectivity index (χ2n) is 6.29. The van der Waals surface area contributed by atoms with Crippen molar-refractivity contribution in [3.05, 3.63) is 24.3 Å². The Hall–Kier alpha value is -1.07. The largest absolute Gasteiger partial charge is 0.385 e. The van der Waals surface area contributed by atoms with Gasteiger partial charge in [-0.05, 0) is 48.9 Å². The molecule has 1 aromatic carbocycles. The average molecular weight is 310 g/mol. The SMILES string of the molecule is CCCNc1ccc(S(=O)(=O)NCC2(C)CCCC2)cc1. The molecule has 0 saturated heterocycles. The molecule has 0 amide bonds. The number of nitrogens with one attached hydrogen (secondary N) is 2. The van der Waals surface area contributed by atoms with Crippen LogP contribution < -0.4 is 10.0 Å². The maximum atomic E-state index is 12.3. The zero-order valence-electron chi connectivity index (χ0n) is 13.0. The van der Waals surface area contributed by atoms with E-state index in [2.05, 4.69) is 23.9 Å². The van der Waals surface area contributed by atoms with Gasteiger partial charge in [0.25, 0.3) is 0 Å². The summed E-state index contributed by atoms with van der Waals surface area (Å²) < 4.78 is 27.4. The van der Waals surface area contributed by atoms with E-state index in [1.165, 1.54) is 12.8 Å². The van der Waals surface area contributed by atoms with Gasteiger partial charge in [-0.3, -0.25) is 0 Å². The minimum atomic E-state index is -3.40. The van der Waals surface area contributed by atoms with Gasteiger partial charge >= 0.3 is 0 Å². The molecule has 0 atom stereocenters. The van der Waals surface area contributed by atoms with Crippen molar-refractivity contribution >= 4 is 15.7 Å². The third-order valence-corrected chi connectivity index (χ3v) is 5.66. The number of hydrogen-bond acceptors (Lipinski definition) is 3. The summed E-state index contributed by atoms with van der Waals surface area (Å²) >= 11 is 0. The highest BCUT2D eigenvalue weighted by Gasteiger charge is 2.30. The fraction of sp³-hybridized carbons (Fsp3) is 0.625. The molecule has 21 heavy (non-hydrogen) atoms. The van der Waals surface area contributed by atoms with Crippen molar-refractivity contribution in [2.24, 2.45) is 5.41 Å². The molecule has 0 unspecified atom stereocenters. The summed E-state index contributed by atoms with van der Waals surface area (Å²) in [5.41, 5.74) is 1.08. The van der Waals surface area contributed by atoms with Gasteiger partial charge in [0.2, 0.25) is 10.0 Å². The van der Waals surface area contributed by atoms with Gasteiger partial charge in [0.15, 0.2) is 0 Å². The molecule has 2 N–H and O–H groups in total. The van der Waals surface area contributed by atoms with Crippen LogP contribution in [0, 0.1) is 5.41 Å². The van der Waals surface area contributed by atoms with E-state index in [0.29, 0.717) is 11.4 Å². The number of sulfonamides is 1. The molecular formula is C16H26N2O2S. The summed E-state index contributed by atoms with van der Waals surface area (Å²) in [4.78, 5) is 0.339. The molecule has 1 saturated carbocycles. The Morgan fingerprint density at radius 2 is 1.76 bits per heavy atom. The van der Waals surface area contributed by atoms with Crippen LogP contribution in [0.2, 0.25) is 0 Å². The average Bonchev–Trinajstić information content (AvgIpc) is 2.91. The predicted octanol–water partition coefficient (Wildman–Crippen LogP) is 3.37. The number of anilines is 1. The van der Waals surface area contributed by atoms with E-state index in [-0.39, 0.29) is 5.41 Å². The fourth-order valence-corrected chi connectivity index (χ4v) is 3.98. The van der Waals surface area contributed by atoms with Crippen LogP contribution in [0.3, 0.4) is 0 Å². The van der Waals surface area contributed by atoms with E-state index in [4.69, 9.17) is 0 Å². The Bertz CT molecular complexity index is 546. The molecule has 2 rings (SSSR count). The van der Waals surface area contributed by atoms with E-state index in [9.17, 15) is 8.42 Å². The van der Waals surface area contributed by atoms with Crippen LogP contribution in [0.25, 0.3) is 0 Å². The molecular weight excluding hydrogens is 284 g/mol. The van der Waals surface area contributed by atoms with Crippen molar-refractivity contribution in [1.82, 2.24) is 4.72 Å². The number of hydrogen-bond donors (Lipinski definition) is 2. The standard InChI is InChI=1S/C16H26N2O2S/c1-3-12-17-14-6-8-15(9-7-14)21(19,20)18-13-16(2)10-4-5-11-16/h6-9,17-18H,3-5,10-13H2,1-2H3. The highest BCUT2D eigenvalue weighted by molar-refractivity contribution is 7.89. The van der Waals surface area contributed by atoms with E-state index in [1.807, 2.05) is 12.1 Å². The summed E-state index contributed by atoms with van der Waals surface area (Å²) in [5, 5.41) is 3.24. The topological polar surface area (TPSA) is 58.2 Å². The smallest absolute Gasteiger partial charge is 0.240 e. The second kappa shape index (κ2) is 6.79. The Balaban J connectivity index is 1.98. The quantitative estimate of drug-likeness (QED) is 0.812. The summed E-state index contributed by atoms with van der Waals surface area (Å²) in [6.07, 6.45) is 5.66. The van der Waals surface area contributed by atoms with Crippen molar-refractivity contribution in [2.45, 2.75) is 50.8 Å². The Morgan fingerprint density at radius 3 is 2.33 bits per heavy atom. The van der Waals surface area contributed by atoms with Gasteiger partial charge in [0.1, 0.15) is 0 Å².